The second kappa shape index (κ2) is 10.5. The Labute approximate surface area is 205 Å². The Kier molecular flexibility index (Phi) is 7.84. The number of hydrogen-bond acceptors (Lipinski definition) is 6. The lowest BCUT2D eigenvalue weighted by Gasteiger charge is -2.24. The van der Waals surface area contributed by atoms with E-state index in [1.165, 1.54) is 18.2 Å². The molecule has 0 aliphatic carbocycles. The molecule has 35 heavy (non-hydrogen) atoms. The fourth-order valence-electron chi connectivity index (χ4n) is 3.22. The summed E-state index contributed by atoms with van der Waals surface area (Å²) in [5.41, 5.74) is -0.894. The minimum Gasteiger partial charge on any atom is -0.476 e. The predicted octanol–water partition coefficient (Wildman–Crippen LogP) is 5.79. The average molecular weight is 507 g/mol. The number of nitrogens with one attached hydrogen (secondary N) is 1. The zero-order valence-corrected chi connectivity index (χ0v) is 20.5. The molecule has 3 aromatic rings. The second-order valence-corrected chi connectivity index (χ2v) is 9.14. The summed E-state index contributed by atoms with van der Waals surface area (Å²) >= 11 is 0.915. The maximum absolute atomic E-state index is 13.4. The van der Waals surface area contributed by atoms with E-state index in [0.29, 0.717) is 11.4 Å². The van der Waals surface area contributed by atoms with E-state index in [2.05, 4.69) is 10.3 Å². The van der Waals surface area contributed by atoms with E-state index < -0.39 is 29.2 Å². The molecule has 0 fully saturated rings. The molecule has 186 valence electrons. The summed E-state index contributed by atoms with van der Waals surface area (Å²) in [6, 6.07) is 12.0. The molecular weight excluding hydrogens is 481 g/mol. The van der Waals surface area contributed by atoms with Crippen LogP contribution in [0.3, 0.4) is 0 Å². The molecule has 1 aromatic heterocycles. The Morgan fingerprint density at radius 3 is 2.34 bits per heavy atom. The van der Waals surface area contributed by atoms with Crippen LogP contribution in [0.15, 0.2) is 48.5 Å². The average Bonchev–Trinajstić information content (AvgIpc) is 3.19. The molecule has 0 aliphatic rings. The molecule has 0 radical (unpaired) electrons. The number of carbonyl (C=O) groups excluding carboxylic acids is 2. The number of thiazole rings is 1. The van der Waals surface area contributed by atoms with Gasteiger partial charge in [-0.15, -0.1) is 11.3 Å². The van der Waals surface area contributed by atoms with Gasteiger partial charge in [0.2, 0.25) is 0 Å². The van der Waals surface area contributed by atoms with Crippen molar-refractivity contribution in [2.45, 2.75) is 46.0 Å². The van der Waals surface area contributed by atoms with Gasteiger partial charge in [-0.25, -0.2) is 9.78 Å². The van der Waals surface area contributed by atoms with Crippen LogP contribution in [0.4, 0.5) is 13.2 Å². The van der Waals surface area contributed by atoms with Crippen molar-refractivity contribution in [1.82, 2.24) is 10.3 Å². The van der Waals surface area contributed by atoms with Gasteiger partial charge in [0.05, 0.1) is 17.9 Å². The molecule has 0 saturated heterocycles. The number of aromatic nitrogens is 1. The number of rotatable bonds is 8. The first-order valence-electron chi connectivity index (χ1n) is 10.8. The van der Waals surface area contributed by atoms with Gasteiger partial charge in [-0.2, -0.15) is 13.2 Å². The van der Waals surface area contributed by atoms with Gasteiger partial charge in [0.15, 0.2) is 5.60 Å². The zero-order valence-electron chi connectivity index (χ0n) is 19.7. The lowest BCUT2D eigenvalue weighted by molar-refractivity contribution is -0.158. The molecule has 0 saturated carbocycles. The number of nitrogens with zero attached hydrogens (tertiary/aromatic N) is 1. The van der Waals surface area contributed by atoms with Crippen LogP contribution < -0.4 is 10.1 Å². The molecule has 0 aliphatic heterocycles. The van der Waals surface area contributed by atoms with Crippen LogP contribution in [-0.2, 0) is 22.3 Å². The summed E-state index contributed by atoms with van der Waals surface area (Å²) in [5.74, 6) is -0.447. The Balaban J connectivity index is 1.67. The van der Waals surface area contributed by atoms with E-state index in [-0.39, 0.29) is 28.6 Å². The Morgan fingerprint density at radius 1 is 1.06 bits per heavy atom. The highest BCUT2D eigenvalue weighted by molar-refractivity contribution is 7.17. The minimum absolute atomic E-state index is 0.0616. The van der Waals surface area contributed by atoms with Gasteiger partial charge < -0.3 is 14.8 Å². The monoisotopic (exact) mass is 506 g/mol. The highest BCUT2D eigenvalue weighted by atomic mass is 32.1. The number of carbonyl (C=O) groups is 2. The molecule has 0 spiro atoms. The van der Waals surface area contributed by atoms with Crippen molar-refractivity contribution in [3.05, 3.63) is 70.2 Å². The number of benzene rings is 2. The van der Waals surface area contributed by atoms with Gasteiger partial charge in [0.1, 0.15) is 15.6 Å². The van der Waals surface area contributed by atoms with Crippen molar-refractivity contribution >= 4 is 23.2 Å². The quantitative estimate of drug-likeness (QED) is 0.392. The van der Waals surface area contributed by atoms with E-state index in [9.17, 15) is 22.8 Å². The topological polar surface area (TPSA) is 77.5 Å². The van der Waals surface area contributed by atoms with E-state index in [4.69, 9.17) is 9.47 Å². The van der Waals surface area contributed by atoms with Gasteiger partial charge in [-0.05, 0) is 51.5 Å². The molecule has 6 nitrogen and oxygen atoms in total. The summed E-state index contributed by atoms with van der Waals surface area (Å²) in [7, 11) is 0. The third kappa shape index (κ3) is 6.39. The molecule has 0 bridgehead atoms. The van der Waals surface area contributed by atoms with Crippen LogP contribution in [0.5, 0.6) is 5.75 Å². The van der Waals surface area contributed by atoms with Crippen LogP contribution in [0.1, 0.15) is 47.3 Å². The predicted molar refractivity (Wildman–Crippen MR) is 126 cm³/mol. The number of alkyl halides is 3. The first kappa shape index (κ1) is 26.2. The number of esters is 1. The van der Waals surface area contributed by atoms with E-state index >= 15 is 0 Å². The summed E-state index contributed by atoms with van der Waals surface area (Å²) in [6.07, 6.45) is -4.53. The molecule has 1 N–H and O–H groups in total. The maximum atomic E-state index is 13.4. The lowest BCUT2D eigenvalue weighted by Crippen LogP contribution is -2.39. The molecule has 0 atom stereocenters. The molecule has 2 aromatic carbocycles. The van der Waals surface area contributed by atoms with Crippen molar-refractivity contribution in [1.29, 1.82) is 0 Å². The van der Waals surface area contributed by atoms with Gasteiger partial charge in [0, 0.05) is 12.1 Å². The molecule has 1 heterocycles. The van der Waals surface area contributed by atoms with Crippen molar-refractivity contribution in [2.75, 3.05) is 6.61 Å². The van der Waals surface area contributed by atoms with Gasteiger partial charge in [-0.3, -0.25) is 4.79 Å². The van der Waals surface area contributed by atoms with Crippen molar-refractivity contribution in [2.24, 2.45) is 0 Å². The number of aryl methyl sites for hydroxylation is 1. The van der Waals surface area contributed by atoms with Crippen molar-refractivity contribution < 1.29 is 32.2 Å². The smallest absolute Gasteiger partial charge is 0.417 e. The minimum atomic E-state index is -4.53. The number of halogens is 3. The number of hydrogen-bond donors (Lipinski definition) is 1. The fourth-order valence-corrected chi connectivity index (χ4v) is 4.24. The van der Waals surface area contributed by atoms with E-state index in [1.54, 1.807) is 52.0 Å². The van der Waals surface area contributed by atoms with Crippen LogP contribution in [-0.4, -0.2) is 29.1 Å². The highest BCUT2D eigenvalue weighted by Gasteiger charge is 2.34. The van der Waals surface area contributed by atoms with Gasteiger partial charge in [-0.1, -0.05) is 30.3 Å². The first-order chi connectivity index (χ1) is 16.4. The molecule has 0 unspecified atom stereocenters. The molecule has 3 rings (SSSR count). The van der Waals surface area contributed by atoms with Crippen LogP contribution >= 0.6 is 11.3 Å². The van der Waals surface area contributed by atoms with E-state index in [0.717, 1.165) is 23.0 Å². The van der Waals surface area contributed by atoms with Crippen LogP contribution in [0.25, 0.3) is 10.6 Å². The summed E-state index contributed by atoms with van der Waals surface area (Å²) in [5, 5.41) is 2.89. The lowest BCUT2D eigenvalue weighted by atomic mass is 10.1. The van der Waals surface area contributed by atoms with Crippen LogP contribution in [0, 0.1) is 6.92 Å². The van der Waals surface area contributed by atoms with Gasteiger partial charge >= 0.3 is 12.1 Å². The Bertz CT molecular complexity index is 1200. The van der Waals surface area contributed by atoms with Crippen molar-refractivity contribution in [3.8, 4) is 16.3 Å². The molecule has 1 amide bonds. The van der Waals surface area contributed by atoms with Crippen LogP contribution in [0.2, 0.25) is 0 Å². The van der Waals surface area contributed by atoms with Gasteiger partial charge in [0.25, 0.3) is 5.91 Å². The fraction of sp³-hybridized carbons (Fsp3) is 0.320. The number of ether oxygens (including phenoxy) is 2. The Morgan fingerprint density at radius 2 is 1.71 bits per heavy atom. The molecular formula is C25H25F3N2O4S. The standard InChI is InChI=1S/C25H25F3N2O4S/c1-5-33-23(32)24(3,4)34-17-12-10-16(11-13-17)14-29-21(31)20-15(2)30-22(35-20)18-8-6-7-9-19(18)25(26,27)28/h6-13H,5,14H2,1-4H3,(H,29,31). The zero-order chi connectivity index (χ0) is 25.8. The highest BCUT2D eigenvalue weighted by Crippen LogP contribution is 2.39. The van der Waals surface area contributed by atoms with E-state index in [1.807, 2.05) is 0 Å². The molecule has 10 heteroatoms. The largest absolute Gasteiger partial charge is 0.476 e. The summed E-state index contributed by atoms with van der Waals surface area (Å²) in [6.45, 7) is 6.96. The SMILES string of the molecule is CCOC(=O)C(C)(C)Oc1ccc(CNC(=O)c2sc(-c3ccccc3C(F)(F)F)nc2C)cc1. The first-order valence-corrected chi connectivity index (χ1v) is 11.6. The van der Waals surface area contributed by atoms with Crippen molar-refractivity contribution in [3.63, 3.8) is 0 Å². The second-order valence-electron chi connectivity index (χ2n) is 8.14. The Hall–Kier alpha value is -3.40. The number of amides is 1. The summed E-state index contributed by atoms with van der Waals surface area (Å²) in [4.78, 5) is 29.1. The summed E-state index contributed by atoms with van der Waals surface area (Å²) < 4.78 is 50.8. The third-order valence-corrected chi connectivity index (χ3v) is 6.17. The maximum Gasteiger partial charge on any atom is 0.417 e. The normalized spacial score (nSPS) is 11.7. The third-order valence-electron chi connectivity index (χ3n) is 4.98.